The molecule has 0 spiro atoms. The van der Waals surface area contributed by atoms with Crippen LogP contribution in [0.4, 0.5) is 4.39 Å². The molecule has 94 valence electrons. The van der Waals surface area contributed by atoms with E-state index in [-0.39, 0.29) is 5.82 Å². The molecule has 0 nitrogen and oxygen atoms in total. The Bertz CT molecular complexity index is 392. The standard InChI is InChI=1S/C14H17Br2F/c1-9-5-6-12(15)11(7-9)8-10-3-2-4-13(17)14(10)16/h2-4,9,11-12H,5-8H2,1H3. The topological polar surface area (TPSA) is 0 Å². The average molecular weight is 364 g/mol. The maximum absolute atomic E-state index is 13.4. The lowest BCUT2D eigenvalue weighted by Crippen LogP contribution is -2.25. The lowest BCUT2D eigenvalue weighted by atomic mass is 9.79. The van der Waals surface area contributed by atoms with Gasteiger partial charge in [-0.1, -0.05) is 35.0 Å². The highest BCUT2D eigenvalue weighted by Gasteiger charge is 2.27. The van der Waals surface area contributed by atoms with Gasteiger partial charge in [0.05, 0.1) is 4.47 Å². The Balaban J connectivity index is 2.11. The maximum atomic E-state index is 13.4. The highest BCUT2D eigenvalue weighted by Crippen LogP contribution is 2.36. The van der Waals surface area contributed by atoms with Crippen molar-refractivity contribution in [2.45, 2.75) is 37.4 Å². The van der Waals surface area contributed by atoms with Crippen LogP contribution in [0, 0.1) is 17.7 Å². The molecule has 0 aliphatic heterocycles. The Morgan fingerprint density at radius 2 is 2.12 bits per heavy atom. The van der Waals surface area contributed by atoms with Crippen molar-refractivity contribution in [2.75, 3.05) is 0 Å². The molecule has 0 aromatic heterocycles. The van der Waals surface area contributed by atoms with E-state index in [2.05, 4.69) is 38.8 Å². The number of alkyl halides is 1. The molecule has 3 atom stereocenters. The van der Waals surface area contributed by atoms with Crippen LogP contribution < -0.4 is 0 Å². The van der Waals surface area contributed by atoms with Crippen molar-refractivity contribution in [1.82, 2.24) is 0 Å². The number of halogens is 3. The molecule has 2 rings (SSSR count). The molecule has 1 aliphatic rings. The first-order chi connectivity index (χ1) is 8.08. The summed E-state index contributed by atoms with van der Waals surface area (Å²) in [6.07, 6.45) is 4.73. The minimum atomic E-state index is -0.155. The summed E-state index contributed by atoms with van der Waals surface area (Å²) in [6, 6.07) is 5.32. The molecule has 1 aliphatic carbocycles. The minimum absolute atomic E-state index is 0.155. The highest BCUT2D eigenvalue weighted by molar-refractivity contribution is 9.10. The fraction of sp³-hybridized carbons (Fsp3) is 0.571. The Morgan fingerprint density at radius 1 is 1.35 bits per heavy atom. The van der Waals surface area contributed by atoms with Crippen molar-refractivity contribution in [1.29, 1.82) is 0 Å². The van der Waals surface area contributed by atoms with E-state index in [0.29, 0.717) is 15.2 Å². The molecule has 3 heteroatoms. The lowest BCUT2D eigenvalue weighted by Gasteiger charge is -2.31. The molecule has 0 heterocycles. The predicted octanol–water partition coefficient (Wildman–Crippen LogP) is 5.33. The fourth-order valence-corrected chi connectivity index (χ4v) is 3.75. The number of hydrogen-bond donors (Lipinski definition) is 0. The third kappa shape index (κ3) is 3.31. The first-order valence-corrected chi connectivity index (χ1v) is 7.85. The average Bonchev–Trinajstić information content (AvgIpc) is 2.30. The first-order valence-electron chi connectivity index (χ1n) is 6.15. The number of benzene rings is 1. The second kappa shape index (κ2) is 5.83. The van der Waals surface area contributed by atoms with Crippen LogP contribution in [-0.2, 0) is 6.42 Å². The van der Waals surface area contributed by atoms with Gasteiger partial charge in [0, 0.05) is 4.83 Å². The van der Waals surface area contributed by atoms with Gasteiger partial charge in [-0.2, -0.15) is 0 Å². The Morgan fingerprint density at radius 3 is 2.88 bits per heavy atom. The van der Waals surface area contributed by atoms with Crippen LogP contribution in [0.25, 0.3) is 0 Å². The summed E-state index contributed by atoms with van der Waals surface area (Å²) in [6.45, 7) is 2.31. The minimum Gasteiger partial charge on any atom is -0.206 e. The SMILES string of the molecule is CC1CCC(Br)C(Cc2cccc(F)c2Br)C1. The smallest absolute Gasteiger partial charge is 0.137 e. The number of hydrogen-bond acceptors (Lipinski definition) is 0. The van der Waals surface area contributed by atoms with Gasteiger partial charge >= 0.3 is 0 Å². The Kier molecular flexibility index (Phi) is 4.65. The molecule has 3 unspecified atom stereocenters. The van der Waals surface area contributed by atoms with Crippen LogP contribution in [0.1, 0.15) is 31.7 Å². The van der Waals surface area contributed by atoms with Gasteiger partial charge in [0.1, 0.15) is 5.82 Å². The molecule has 0 radical (unpaired) electrons. The third-order valence-corrected chi connectivity index (χ3v) is 5.76. The van der Waals surface area contributed by atoms with Crippen LogP contribution in [0.2, 0.25) is 0 Å². The molecule has 0 saturated heterocycles. The normalized spacial score (nSPS) is 29.3. The van der Waals surface area contributed by atoms with Gasteiger partial charge in [0.15, 0.2) is 0 Å². The molecule has 1 fully saturated rings. The van der Waals surface area contributed by atoms with E-state index in [1.54, 1.807) is 6.07 Å². The second-order valence-corrected chi connectivity index (χ2v) is 7.08. The van der Waals surface area contributed by atoms with Gasteiger partial charge in [-0.15, -0.1) is 0 Å². The van der Waals surface area contributed by atoms with Crippen LogP contribution in [-0.4, -0.2) is 4.83 Å². The van der Waals surface area contributed by atoms with Gasteiger partial charge in [-0.3, -0.25) is 0 Å². The largest absolute Gasteiger partial charge is 0.206 e. The van der Waals surface area contributed by atoms with Crippen molar-refractivity contribution in [3.8, 4) is 0 Å². The lowest BCUT2D eigenvalue weighted by molar-refractivity contribution is 0.294. The van der Waals surface area contributed by atoms with E-state index in [0.717, 1.165) is 17.9 Å². The summed E-state index contributed by atoms with van der Waals surface area (Å²) in [5, 5.41) is 0. The van der Waals surface area contributed by atoms with Crippen molar-refractivity contribution < 1.29 is 4.39 Å². The predicted molar refractivity (Wildman–Crippen MR) is 77.0 cm³/mol. The van der Waals surface area contributed by atoms with E-state index in [4.69, 9.17) is 0 Å². The van der Waals surface area contributed by atoms with E-state index < -0.39 is 0 Å². The van der Waals surface area contributed by atoms with Gasteiger partial charge in [-0.05, 0) is 65.1 Å². The molecule has 1 aromatic rings. The van der Waals surface area contributed by atoms with Crippen LogP contribution in [0.15, 0.2) is 22.7 Å². The van der Waals surface area contributed by atoms with Crippen LogP contribution in [0.5, 0.6) is 0 Å². The van der Waals surface area contributed by atoms with E-state index in [1.165, 1.54) is 25.3 Å². The zero-order chi connectivity index (χ0) is 12.4. The first kappa shape index (κ1) is 13.5. The van der Waals surface area contributed by atoms with Gasteiger partial charge < -0.3 is 0 Å². The number of rotatable bonds is 2. The van der Waals surface area contributed by atoms with E-state index in [9.17, 15) is 4.39 Å². The summed E-state index contributed by atoms with van der Waals surface area (Å²) in [4.78, 5) is 0.578. The quantitative estimate of drug-likeness (QED) is 0.623. The third-order valence-electron chi connectivity index (χ3n) is 3.67. The Labute approximate surface area is 119 Å². The monoisotopic (exact) mass is 362 g/mol. The zero-order valence-electron chi connectivity index (χ0n) is 9.93. The molecule has 0 bridgehead atoms. The van der Waals surface area contributed by atoms with Crippen molar-refractivity contribution >= 4 is 31.9 Å². The second-order valence-electron chi connectivity index (χ2n) is 5.11. The Hall–Kier alpha value is 0.110. The molecule has 17 heavy (non-hydrogen) atoms. The van der Waals surface area contributed by atoms with Gasteiger partial charge in [0.25, 0.3) is 0 Å². The fourth-order valence-electron chi connectivity index (χ4n) is 2.66. The summed E-state index contributed by atoms with van der Waals surface area (Å²) in [5.74, 6) is 1.26. The summed E-state index contributed by atoms with van der Waals surface area (Å²) in [7, 11) is 0. The molecular weight excluding hydrogens is 347 g/mol. The van der Waals surface area contributed by atoms with E-state index >= 15 is 0 Å². The molecular formula is C14H17Br2F. The molecule has 1 aromatic carbocycles. The highest BCUT2D eigenvalue weighted by atomic mass is 79.9. The molecule has 0 N–H and O–H groups in total. The van der Waals surface area contributed by atoms with Gasteiger partial charge in [0.2, 0.25) is 0 Å². The maximum Gasteiger partial charge on any atom is 0.137 e. The van der Waals surface area contributed by atoms with Crippen LogP contribution >= 0.6 is 31.9 Å². The summed E-state index contributed by atoms with van der Waals surface area (Å²) < 4.78 is 14.1. The summed E-state index contributed by atoms with van der Waals surface area (Å²) in [5.41, 5.74) is 1.09. The zero-order valence-corrected chi connectivity index (χ0v) is 13.1. The van der Waals surface area contributed by atoms with Crippen LogP contribution in [0.3, 0.4) is 0 Å². The van der Waals surface area contributed by atoms with Crippen molar-refractivity contribution in [2.24, 2.45) is 11.8 Å². The summed E-state index contributed by atoms with van der Waals surface area (Å²) >= 11 is 7.13. The molecule has 1 saturated carbocycles. The van der Waals surface area contributed by atoms with Crippen molar-refractivity contribution in [3.05, 3.63) is 34.1 Å². The van der Waals surface area contributed by atoms with E-state index in [1.807, 2.05) is 6.07 Å². The van der Waals surface area contributed by atoms with Crippen molar-refractivity contribution in [3.63, 3.8) is 0 Å². The molecule has 0 amide bonds. The van der Waals surface area contributed by atoms with Gasteiger partial charge in [-0.25, -0.2) is 4.39 Å².